The van der Waals surface area contributed by atoms with Gasteiger partial charge in [-0.25, -0.2) is 9.98 Å². The van der Waals surface area contributed by atoms with Gasteiger partial charge in [0, 0.05) is 39.4 Å². The van der Waals surface area contributed by atoms with Crippen LogP contribution in [0, 0.1) is 12.1 Å². The number of nitrogens with two attached hydrogens (primary N) is 1. The van der Waals surface area contributed by atoms with Gasteiger partial charge >= 0.3 is 0 Å². The van der Waals surface area contributed by atoms with Crippen LogP contribution in [0.1, 0.15) is 84.7 Å². The predicted molar refractivity (Wildman–Crippen MR) is 191 cm³/mol. The van der Waals surface area contributed by atoms with Gasteiger partial charge in [0.05, 0.1) is 5.70 Å². The van der Waals surface area contributed by atoms with Crippen LogP contribution in [0.15, 0.2) is 120 Å². The summed E-state index contributed by atoms with van der Waals surface area (Å²) >= 11 is 0. The van der Waals surface area contributed by atoms with Gasteiger partial charge < -0.3 is 5.73 Å². The molecule has 6 rings (SSSR count). The molecule has 3 nitrogen and oxygen atoms in total. The first kappa shape index (κ1) is 30.0. The number of benzene rings is 4. The SMILES string of the molecule is C=C(N=C(N=C(C)c1ccc(C(C)(C)c2c#cc(C(C)N)cc2)cc1)c1cccc2c1C=CCC2)c1cccc2ccccc12. The van der Waals surface area contributed by atoms with E-state index >= 15 is 0 Å². The number of aliphatic imine (C=N–C) groups is 2. The summed E-state index contributed by atoms with van der Waals surface area (Å²) < 4.78 is 0. The first-order chi connectivity index (χ1) is 21.7. The van der Waals surface area contributed by atoms with E-state index in [4.69, 9.17) is 15.7 Å². The number of amidine groups is 1. The molecule has 0 heterocycles. The highest BCUT2D eigenvalue weighted by atomic mass is 14.9. The van der Waals surface area contributed by atoms with Gasteiger partial charge in [0.15, 0.2) is 5.84 Å². The Hall–Kier alpha value is -5.04. The second kappa shape index (κ2) is 12.5. The molecular weight excluding hydrogens is 546 g/mol. The van der Waals surface area contributed by atoms with Gasteiger partial charge in [0.25, 0.3) is 0 Å². The van der Waals surface area contributed by atoms with Crippen molar-refractivity contribution >= 4 is 34.1 Å². The Balaban J connectivity index is 1.38. The van der Waals surface area contributed by atoms with Crippen LogP contribution in [-0.4, -0.2) is 11.5 Å². The molecule has 1 aliphatic rings. The maximum absolute atomic E-state index is 6.03. The maximum Gasteiger partial charge on any atom is 0.160 e. The van der Waals surface area contributed by atoms with E-state index in [-0.39, 0.29) is 11.5 Å². The van der Waals surface area contributed by atoms with Gasteiger partial charge in [-0.1, -0.05) is 130 Å². The highest BCUT2D eigenvalue weighted by molar-refractivity contribution is 6.14. The Morgan fingerprint density at radius 1 is 0.844 bits per heavy atom. The molecular formula is C42H39N3. The molecule has 5 aromatic rings. The average molecular weight is 586 g/mol. The van der Waals surface area contributed by atoms with E-state index in [0.717, 1.165) is 57.1 Å². The summed E-state index contributed by atoms with van der Waals surface area (Å²) in [5, 5.41) is 2.29. The summed E-state index contributed by atoms with van der Waals surface area (Å²) in [4.78, 5) is 10.3. The Morgan fingerprint density at radius 3 is 2.33 bits per heavy atom. The van der Waals surface area contributed by atoms with Gasteiger partial charge in [-0.2, -0.15) is 0 Å². The molecule has 1 aliphatic carbocycles. The minimum Gasteiger partial charge on any atom is -0.324 e. The average Bonchev–Trinajstić information content (AvgIpc) is 3.07. The molecule has 222 valence electrons. The van der Waals surface area contributed by atoms with Gasteiger partial charge in [0.2, 0.25) is 0 Å². The first-order valence-electron chi connectivity index (χ1n) is 15.6. The lowest BCUT2D eigenvalue weighted by atomic mass is 9.78. The topological polar surface area (TPSA) is 50.7 Å². The summed E-state index contributed by atoms with van der Waals surface area (Å²) in [6.07, 6.45) is 6.50. The van der Waals surface area contributed by atoms with Crippen LogP contribution in [0.5, 0.6) is 0 Å². The number of hydrogen-bond donors (Lipinski definition) is 1. The molecule has 0 spiro atoms. The summed E-state index contributed by atoms with van der Waals surface area (Å²) in [7, 11) is 0. The van der Waals surface area contributed by atoms with Crippen molar-refractivity contribution in [3.8, 4) is 0 Å². The van der Waals surface area contributed by atoms with Gasteiger partial charge in [-0.05, 0) is 71.8 Å². The fraction of sp³-hybridized carbons (Fsp3) is 0.190. The van der Waals surface area contributed by atoms with Crippen molar-refractivity contribution < 1.29 is 0 Å². The maximum atomic E-state index is 6.03. The fourth-order valence-corrected chi connectivity index (χ4v) is 6.01. The molecule has 5 aromatic carbocycles. The highest BCUT2D eigenvalue weighted by Crippen LogP contribution is 2.32. The second-order valence-electron chi connectivity index (χ2n) is 12.4. The van der Waals surface area contributed by atoms with Crippen molar-refractivity contribution in [3.63, 3.8) is 0 Å². The third-order valence-electron chi connectivity index (χ3n) is 8.88. The zero-order chi connectivity index (χ0) is 31.6. The minimum absolute atomic E-state index is 0.0602. The largest absolute Gasteiger partial charge is 0.324 e. The summed E-state index contributed by atoms with van der Waals surface area (Å²) in [5.41, 5.74) is 16.2. The molecule has 1 unspecified atom stereocenters. The number of rotatable bonds is 7. The number of fused-ring (bicyclic) bond motifs is 2. The fourth-order valence-electron chi connectivity index (χ4n) is 6.01. The minimum atomic E-state index is -0.241. The molecule has 0 saturated heterocycles. The first-order valence-corrected chi connectivity index (χ1v) is 15.6. The zero-order valence-electron chi connectivity index (χ0n) is 26.6. The summed E-state index contributed by atoms with van der Waals surface area (Å²) in [5.74, 6) is 0.664. The Kier molecular flexibility index (Phi) is 8.35. The van der Waals surface area contributed by atoms with Crippen molar-refractivity contribution in [2.24, 2.45) is 15.7 Å². The quantitative estimate of drug-likeness (QED) is 0.150. The third kappa shape index (κ3) is 6.16. The number of hydrogen-bond acceptors (Lipinski definition) is 2. The normalized spacial score (nSPS) is 14.2. The lowest BCUT2D eigenvalue weighted by Gasteiger charge is -2.25. The summed E-state index contributed by atoms with van der Waals surface area (Å²) in [6, 6.07) is 40.4. The number of aryl methyl sites for hydroxylation is 1. The highest BCUT2D eigenvalue weighted by Gasteiger charge is 2.24. The van der Waals surface area contributed by atoms with Crippen LogP contribution in [0.3, 0.4) is 0 Å². The van der Waals surface area contributed by atoms with Crippen LogP contribution < -0.4 is 5.73 Å². The molecule has 0 bridgehead atoms. The monoisotopic (exact) mass is 585 g/mol. The standard InChI is InChI=1S/C42H39N3/c1-28(43)31-20-24-35(25-21-31)42(4,5)36-26-22-32(23-27-36)29(2)44-41(40-19-11-15-34-13-7-9-17-39(34)40)45-30(3)37-18-10-14-33-12-6-8-16-38(33)37/h6,8-12,14-20,22-24,26-28H,3,7,13,43H2,1-2,4-5H3. The zero-order valence-corrected chi connectivity index (χ0v) is 26.6. The van der Waals surface area contributed by atoms with E-state index in [9.17, 15) is 0 Å². The smallest absolute Gasteiger partial charge is 0.160 e. The van der Waals surface area contributed by atoms with Crippen LogP contribution in [-0.2, 0) is 11.8 Å². The van der Waals surface area contributed by atoms with Gasteiger partial charge in [-0.15, -0.1) is 0 Å². The van der Waals surface area contributed by atoms with Crippen molar-refractivity contribution in [1.29, 1.82) is 0 Å². The van der Waals surface area contributed by atoms with E-state index in [1.165, 1.54) is 16.7 Å². The van der Waals surface area contributed by atoms with Crippen molar-refractivity contribution in [1.82, 2.24) is 0 Å². The Labute approximate surface area is 267 Å². The van der Waals surface area contributed by atoms with Crippen molar-refractivity contribution in [2.75, 3.05) is 0 Å². The molecule has 2 N–H and O–H groups in total. The Morgan fingerprint density at radius 2 is 1.58 bits per heavy atom. The lowest BCUT2D eigenvalue weighted by molar-refractivity contribution is 0.640. The molecule has 0 amide bonds. The van der Waals surface area contributed by atoms with E-state index in [0.29, 0.717) is 11.5 Å². The molecule has 0 aromatic heterocycles. The van der Waals surface area contributed by atoms with Crippen LogP contribution in [0.4, 0.5) is 0 Å². The van der Waals surface area contributed by atoms with Gasteiger partial charge in [0.1, 0.15) is 0 Å². The van der Waals surface area contributed by atoms with Gasteiger partial charge in [-0.3, -0.25) is 0 Å². The second-order valence-corrected chi connectivity index (χ2v) is 12.4. The Bertz CT molecular complexity index is 1950. The number of allylic oxidation sites excluding steroid dienone is 1. The third-order valence-corrected chi connectivity index (χ3v) is 8.88. The van der Waals surface area contributed by atoms with Crippen molar-refractivity contribution in [2.45, 2.75) is 52.0 Å². The molecule has 1 atom stereocenters. The van der Waals surface area contributed by atoms with Crippen LogP contribution in [0.25, 0.3) is 22.5 Å². The summed E-state index contributed by atoms with van der Waals surface area (Å²) in [6.45, 7) is 12.9. The number of nitrogens with zero attached hydrogens (tertiary/aromatic N) is 2. The lowest BCUT2D eigenvalue weighted by Crippen LogP contribution is -2.19. The molecule has 45 heavy (non-hydrogen) atoms. The van der Waals surface area contributed by atoms with E-state index in [1.807, 2.05) is 13.0 Å². The predicted octanol–water partition coefficient (Wildman–Crippen LogP) is 9.67. The molecule has 3 heteroatoms. The molecule has 0 radical (unpaired) electrons. The molecule has 0 fully saturated rings. The van der Waals surface area contributed by atoms with E-state index in [1.54, 1.807) is 0 Å². The van der Waals surface area contributed by atoms with Crippen molar-refractivity contribution in [3.05, 3.63) is 166 Å². The molecule has 0 saturated carbocycles. The van der Waals surface area contributed by atoms with Crippen LogP contribution in [0.2, 0.25) is 0 Å². The van der Waals surface area contributed by atoms with E-state index in [2.05, 4.69) is 143 Å². The van der Waals surface area contributed by atoms with E-state index < -0.39 is 0 Å². The van der Waals surface area contributed by atoms with Crippen LogP contribution >= 0.6 is 0 Å². The molecule has 0 aliphatic heterocycles.